The van der Waals surface area contributed by atoms with Crippen molar-refractivity contribution in [2.45, 2.75) is 18.9 Å². The van der Waals surface area contributed by atoms with Crippen LogP contribution in [0.25, 0.3) is 6.08 Å². The van der Waals surface area contributed by atoms with E-state index in [2.05, 4.69) is 15.9 Å². The zero-order chi connectivity index (χ0) is 14.8. The molecule has 1 aromatic rings. The topological polar surface area (TPSA) is 29.5 Å². The van der Waals surface area contributed by atoms with E-state index in [4.69, 9.17) is 17.0 Å². The van der Waals surface area contributed by atoms with Gasteiger partial charge in [-0.05, 0) is 36.6 Å². The van der Waals surface area contributed by atoms with Gasteiger partial charge in [-0.1, -0.05) is 52.0 Å². The Balaban J connectivity index is 1.76. The Morgan fingerprint density at radius 3 is 3.10 bits per heavy atom. The zero-order valence-electron chi connectivity index (χ0n) is 11.3. The Hall–Kier alpha value is -0.690. The van der Waals surface area contributed by atoms with Crippen LogP contribution in [0.15, 0.2) is 33.6 Å². The average Bonchev–Trinajstić information content (AvgIpc) is 3.04. The van der Waals surface area contributed by atoms with E-state index in [1.807, 2.05) is 30.3 Å². The van der Waals surface area contributed by atoms with Crippen LogP contribution >= 0.6 is 39.9 Å². The lowest BCUT2D eigenvalue weighted by Crippen LogP contribution is -2.35. The maximum atomic E-state index is 12.5. The van der Waals surface area contributed by atoms with Crippen LogP contribution in [0.3, 0.4) is 0 Å². The van der Waals surface area contributed by atoms with Gasteiger partial charge in [-0.3, -0.25) is 9.69 Å². The third kappa shape index (κ3) is 3.56. The minimum absolute atomic E-state index is 0.0134. The molecule has 3 nitrogen and oxygen atoms in total. The van der Waals surface area contributed by atoms with Gasteiger partial charge in [0, 0.05) is 11.1 Å². The number of nitrogens with zero attached hydrogens (tertiary/aromatic N) is 1. The van der Waals surface area contributed by atoms with Gasteiger partial charge in [0.05, 0.1) is 17.6 Å². The number of carbonyl (C=O) groups is 1. The van der Waals surface area contributed by atoms with E-state index in [0.717, 1.165) is 29.5 Å². The first kappa shape index (κ1) is 15.2. The third-order valence-corrected chi connectivity index (χ3v) is 5.30. The van der Waals surface area contributed by atoms with Crippen LogP contribution in [0.5, 0.6) is 0 Å². The second-order valence-electron chi connectivity index (χ2n) is 4.98. The molecule has 2 fully saturated rings. The van der Waals surface area contributed by atoms with E-state index >= 15 is 0 Å². The Kier molecular flexibility index (Phi) is 4.78. The maximum Gasteiger partial charge on any atom is 0.266 e. The molecule has 0 N–H and O–H groups in total. The predicted octanol–water partition coefficient (Wildman–Crippen LogP) is 3.83. The number of ether oxygens (including phenoxy) is 1. The number of rotatable bonds is 3. The molecule has 21 heavy (non-hydrogen) atoms. The summed E-state index contributed by atoms with van der Waals surface area (Å²) >= 11 is 10.1. The van der Waals surface area contributed by atoms with Gasteiger partial charge in [-0.25, -0.2) is 0 Å². The monoisotopic (exact) mass is 383 g/mol. The molecule has 3 rings (SSSR count). The number of halogens is 1. The summed E-state index contributed by atoms with van der Waals surface area (Å²) in [5, 5.41) is 0. The molecule has 1 aromatic carbocycles. The van der Waals surface area contributed by atoms with Crippen LogP contribution in [-0.4, -0.2) is 34.4 Å². The highest BCUT2D eigenvalue weighted by Gasteiger charge is 2.34. The number of carbonyl (C=O) groups excluding carboxylic acids is 1. The number of hydrogen-bond donors (Lipinski definition) is 0. The molecule has 0 spiro atoms. The summed E-state index contributed by atoms with van der Waals surface area (Å²) in [7, 11) is 0. The van der Waals surface area contributed by atoms with Gasteiger partial charge in [-0.15, -0.1) is 0 Å². The molecule has 0 bridgehead atoms. The van der Waals surface area contributed by atoms with Crippen molar-refractivity contribution in [1.29, 1.82) is 0 Å². The average molecular weight is 384 g/mol. The van der Waals surface area contributed by atoms with Crippen molar-refractivity contribution in [3.63, 3.8) is 0 Å². The summed E-state index contributed by atoms with van der Waals surface area (Å²) in [6, 6.07) is 7.85. The van der Waals surface area contributed by atoms with Gasteiger partial charge in [-0.2, -0.15) is 0 Å². The lowest BCUT2D eigenvalue weighted by Gasteiger charge is -2.18. The van der Waals surface area contributed by atoms with E-state index in [1.54, 1.807) is 4.90 Å². The van der Waals surface area contributed by atoms with Gasteiger partial charge in [0.2, 0.25) is 0 Å². The molecule has 0 radical (unpaired) electrons. The summed E-state index contributed by atoms with van der Waals surface area (Å²) in [6.45, 7) is 1.35. The Morgan fingerprint density at radius 2 is 2.38 bits per heavy atom. The fourth-order valence-corrected chi connectivity index (χ4v) is 4.09. The summed E-state index contributed by atoms with van der Waals surface area (Å²) in [6.07, 6.45) is 4.08. The van der Waals surface area contributed by atoms with E-state index in [0.29, 0.717) is 15.8 Å². The Labute approximate surface area is 141 Å². The van der Waals surface area contributed by atoms with Gasteiger partial charge < -0.3 is 4.74 Å². The first-order valence-corrected chi connectivity index (χ1v) is 8.78. The first-order chi connectivity index (χ1) is 10.1. The van der Waals surface area contributed by atoms with E-state index in [-0.39, 0.29) is 12.0 Å². The van der Waals surface area contributed by atoms with Gasteiger partial charge in [0.15, 0.2) is 0 Å². The summed E-state index contributed by atoms with van der Waals surface area (Å²) < 4.78 is 7.21. The molecular weight excluding hydrogens is 370 g/mol. The standard InChI is InChI=1S/C15H14BrNO2S2/c16-11-4-1-3-10(7-11)8-13-14(18)17(15(20)21-13)9-12-5-2-6-19-12/h1,3-4,7-8,12H,2,5-6,9H2/b13-8-. The van der Waals surface area contributed by atoms with Gasteiger partial charge in [0.25, 0.3) is 5.91 Å². The second-order valence-corrected chi connectivity index (χ2v) is 7.57. The number of thiocarbonyl (C=S) groups is 1. The maximum absolute atomic E-state index is 12.5. The minimum atomic E-state index is -0.0134. The first-order valence-electron chi connectivity index (χ1n) is 6.76. The largest absolute Gasteiger partial charge is 0.376 e. The van der Waals surface area contributed by atoms with Crippen molar-refractivity contribution >= 4 is 56.2 Å². The molecule has 1 atom stereocenters. The smallest absolute Gasteiger partial charge is 0.266 e. The lowest BCUT2D eigenvalue weighted by atomic mass is 10.2. The van der Waals surface area contributed by atoms with Crippen LogP contribution in [0.1, 0.15) is 18.4 Å². The van der Waals surface area contributed by atoms with Gasteiger partial charge in [0.1, 0.15) is 4.32 Å². The van der Waals surface area contributed by atoms with E-state index < -0.39 is 0 Å². The van der Waals surface area contributed by atoms with E-state index in [1.165, 1.54) is 11.8 Å². The van der Waals surface area contributed by atoms with E-state index in [9.17, 15) is 4.79 Å². The highest BCUT2D eigenvalue weighted by molar-refractivity contribution is 9.10. The molecule has 2 aliphatic rings. The zero-order valence-corrected chi connectivity index (χ0v) is 14.5. The molecule has 110 valence electrons. The number of benzene rings is 1. The molecule has 2 aliphatic heterocycles. The lowest BCUT2D eigenvalue weighted by molar-refractivity contribution is -0.123. The molecule has 2 heterocycles. The van der Waals surface area contributed by atoms with Crippen molar-refractivity contribution in [3.05, 3.63) is 39.2 Å². The molecule has 0 aromatic heterocycles. The minimum Gasteiger partial charge on any atom is -0.376 e. The van der Waals surface area contributed by atoms with Crippen molar-refractivity contribution in [3.8, 4) is 0 Å². The van der Waals surface area contributed by atoms with Crippen LogP contribution in [0.2, 0.25) is 0 Å². The Morgan fingerprint density at radius 1 is 1.52 bits per heavy atom. The summed E-state index contributed by atoms with van der Waals surface area (Å²) in [4.78, 5) is 14.8. The number of thioether (sulfide) groups is 1. The fraction of sp³-hybridized carbons (Fsp3) is 0.333. The highest BCUT2D eigenvalue weighted by Crippen LogP contribution is 2.33. The van der Waals surface area contributed by atoms with Crippen LogP contribution < -0.4 is 0 Å². The van der Waals surface area contributed by atoms with Crippen LogP contribution in [0.4, 0.5) is 0 Å². The molecule has 6 heteroatoms. The van der Waals surface area contributed by atoms with Crippen molar-refractivity contribution in [1.82, 2.24) is 4.90 Å². The molecular formula is C15H14BrNO2S2. The number of hydrogen-bond acceptors (Lipinski definition) is 4. The van der Waals surface area contributed by atoms with Crippen molar-refractivity contribution < 1.29 is 9.53 Å². The highest BCUT2D eigenvalue weighted by atomic mass is 79.9. The van der Waals surface area contributed by atoms with Crippen LogP contribution in [0, 0.1) is 0 Å². The van der Waals surface area contributed by atoms with Crippen LogP contribution in [-0.2, 0) is 9.53 Å². The third-order valence-electron chi connectivity index (χ3n) is 3.43. The fourth-order valence-electron chi connectivity index (χ4n) is 2.40. The van der Waals surface area contributed by atoms with Gasteiger partial charge >= 0.3 is 0 Å². The quantitative estimate of drug-likeness (QED) is 0.585. The molecule has 1 amide bonds. The summed E-state index contributed by atoms with van der Waals surface area (Å²) in [5.41, 5.74) is 0.988. The van der Waals surface area contributed by atoms with Crippen molar-refractivity contribution in [2.24, 2.45) is 0 Å². The number of amides is 1. The predicted molar refractivity (Wildman–Crippen MR) is 93.0 cm³/mol. The molecule has 2 saturated heterocycles. The Bertz CT molecular complexity index is 611. The molecule has 1 unspecified atom stereocenters. The normalized spacial score (nSPS) is 24.3. The van der Waals surface area contributed by atoms with Crippen molar-refractivity contribution in [2.75, 3.05) is 13.2 Å². The second kappa shape index (κ2) is 6.60. The molecule has 0 aliphatic carbocycles. The summed E-state index contributed by atoms with van der Waals surface area (Å²) in [5.74, 6) is -0.0134. The SMILES string of the molecule is O=C1/C(=C/c2cccc(Br)c2)SC(=S)N1CC1CCCO1. The molecule has 0 saturated carbocycles.